The number of anilines is 1. The van der Waals surface area contributed by atoms with Gasteiger partial charge in [-0.05, 0) is 54.6 Å². The van der Waals surface area contributed by atoms with Crippen LogP contribution in [0.25, 0.3) is 10.8 Å². The van der Waals surface area contributed by atoms with E-state index >= 15 is 0 Å². The predicted octanol–water partition coefficient (Wildman–Crippen LogP) is 6.89. The SMILES string of the molecule is O=C(/C=C/CC[C@H](Oc1ccccc1)[C@@H](OC(=O)Nc1cccc2ccccc12)c1cc(Br)ccc1O)NO. The zero-order valence-corrected chi connectivity index (χ0v) is 22.4. The van der Waals surface area contributed by atoms with Crippen molar-refractivity contribution < 1.29 is 29.4 Å². The average molecular weight is 591 g/mol. The number of aromatic hydroxyl groups is 1. The summed E-state index contributed by atoms with van der Waals surface area (Å²) in [5.41, 5.74) is 2.46. The number of rotatable bonds is 10. The van der Waals surface area contributed by atoms with Gasteiger partial charge >= 0.3 is 6.09 Å². The molecule has 2 amide bonds. The van der Waals surface area contributed by atoms with E-state index in [9.17, 15) is 14.7 Å². The van der Waals surface area contributed by atoms with E-state index in [0.717, 1.165) is 10.8 Å². The van der Waals surface area contributed by atoms with E-state index in [2.05, 4.69) is 21.2 Å². The quantitative estimate of drug-likeness (QED) is 0.0907. The number of carbonyl (C=O) groups excluding carboxylic acids is 2. The van der Waals surface area contributed by atoms with Crippen molar-refractivity contribution in [3.8, 4) is 11.5 Å². The molecule has 9 heteroatoms. The standard InChI is InChI=1S/C30H27BrN2O6/c31-21-17-18-26(34)24(19-21)29(39-30(36)32-25-14-8-10-20-9-4-5-13-23(20)25)27(15-6-7-16-28(35)33-37)38-22-11-2-1-3-12-22/h1-5,7-14,16-19,27,29,34,37H,6,15H2,(H,32,36)(H,33,35)/b16-7+/t27-,29-/m0/s1. The number of carbonyl (C=O) groups is 2. The molecule has 0 spiro atoms. The fraction of sp³-hybridized carbons (Fsp3) is 0.133. The van der Waals surface area contributed by atoms with Crippen molar-refractivity contribution in [2.24, 2.45) is 0 Å². The highest BCUT2D eigenvalue weighted by Gasteiger charge is 2.31. The molecule has 0 heterocycles. The highest BCUT2D eigenvalue weighted by atomic mass is 79.9. The number of allylic oxidation sites excluding steroid dienone is 1. The maximum atomic E-state index is 13.3. The van der Waals surface area contributed by atoms with Gasteiger partial charge in [-0.3, -0.25) is 15.3 Å². The van der Waals surface area contributed by atoms with Crippen molar-refractivity contribution in [1.29, 1.82) is 0 Å². The first-order chi connectivity index (χ1) is 18.9. The number of para-hydroxylation sites is 1. The van der Waals surface area contributed by atoms with Gasteiger partial charge in [0.1, 0.15) is 17.6 Å². The number of amides is 2. The molecule has 0 radical (unpaired) electrons. The largest absolute Gasteiger partial charge is 0.508 e. The van der Waals surface area contributed by atoms with Gasteiger partial charge in [0.15, 0.2) is 6.10 Å². The van der Waals surface area contributed by atoms with Crippen LogP contribution in [0, 0.1) is 0 Å². The Bertz CT molecular complexity index is 1460. The molecule has 0 aliphatic carbocycles. The summed E-state index contributed by atoms with van der Waals surface area (Å²) in [6, 6.07) is 27.1. The molecule has 0 saturated heterocycles. The Morgan fingerprint density at radius 3 is 2.49 bits per heavy atom. The number of hydroxylamine groups is 1. The van der Waals surface area contributed by atoms with Gasteiger partial charge in [0.05, 0.1) is 5.69 Å². The van der Waals surface area contributed by atoms with Gasteiger partial charge in [-0.2, -0.15) is 0 Å². The molecule has 0 fully saturated rings. The maximum Gasteiger partial charge on any atom is 0.412 e. The molecule has 8 nitrogen and oxygen atoms in total. The van der Waals surface area contributed by atoms with Crippen LogP contribution in [0.3, 0.4) is 0 Å². The van der Waals surface area contributed by atoms with Gasteiger partial charge in [0.2, 0.25) is 0 Å². The third-order valence-electron chi connectivity index (χ3n) is 5.92. The maximum absolute atomic E-state index is 13.3. The fourth-order valence-electron chi connectivity index (χ4n) is 4.12. The van der Waals surface area contributed by atoms with Crippen LogP contribution in [-0.2, 0) is 9.53 Å². The van der Waals surface area contributed by atoms with Crippen LogP contribution in [-0.4, -0.2) is 28.4 Å². The second-order valence-electron chi connectivity index (χ2n) is 8.61. The molecule has 4 N–H and O–H groups in total. The summed E-state index contributed by atoms with van der Waals surface area (Å²) >= 11 is 3.43. The minimum atomic E-state index is -1.03. The second-order valence-corrected chi connectivity index (χ2v) is 9.52. The van der Waals surface area contributed by atoms with Gasteiger partial charge in [-0.15, -0.1) is 0 Å². The van der Waals surface area contributed by atoms with Crippen molar-refractivity contribution in [3.63, 3.8) is 0 Å². The van der Waals surface area contributed by atoms with E-state index in [1.807, 2.05) is 54.6 Å². The van der Waals surface area contributed by atoms with E-state index in [4.69, 9.17) is 14.7 Å². The van der Waals surface area contributed by atoms with Gasteiger partial charge < -0.3 is 14.6 Å². The topological polar surface area (TPSA) is 117 Å². The molecule has 0 aliphatic rings. The number of phenolic OH excluding ortho intramolecular Hbond substituents is 1. The molecule has 0 saturated carbocycles. The summed E-state index contributed by atoms with van der Waals surface area (Å²) in [6.45, 7) is 0. The third kappa shape index (κ3) is 7.59. The smallest absolute Gasteiger partial charge is 0.412 e. The van der Waals surface area contributed by atoms with Gasteiger partial charge in [0, 0.05) is 21.5 Å². The zero-order valence-electron chi connectivity index (χ0n) is 20.8. The van der Waals surface area contributed by atoms with Gasteiger partial charge in [0.25, 0.3) is 5.91 Å². The van der Waals surface area contributed by atoms with E-state index in [1.54, 1.807) is 41.9 Å². The minimum Gasteiger partial charge on any atom is -0.508 e. The molecular weight excluding hydrogens is 564 g/mol. The highest BCUT2D eigenvalue weighted by Crippen LogP contribution is 2.36. The Balaban J connectivity index is 1.66. The number of halogens is 1. The Morgan fingerprint density at radius 1 is 0.949 bits per heavy atom. The van der Waals surface area contributed by atoms with Crippen molar-refractivity contribution in [3.05, 3.63) is 113 Å². The average Bonchev–Trinajstić information content (AvgIpc) is 2.95. The number of hydrogen-bond acceptors (Lipinski definition) is 6. The summed E-state index contributed by atoms with van der Waals surface area (Å²) in [5, 5.41) is 24.1. The Morgan fingerprint density at radius 2 is 1.69 bits per heavy atom. The number of hydrogen-bond donors (Lipinski definition) is 4. The Kier molecular flexibility index (Phi) is 9.55. The lowest BCUT2D eigenvalue weighted by molar-refractivity contribution is -0.124. The first kappa shape index (κ1) is 27.7. The number of phenols is 1. The van der Waals surface area contributed by atoms with Crippen molar-refractivity contribution >= 4 is 44.4 Å². The van der Waals surface area contributed by atoms with Crippen LogP contribution in [0.15, 0.2) is 108 Å². The first-order valence-corrected chi connectivity index (χ1v) is 13.0. The molecule has 0 aliphatic heterocycles. The van der Waals surface area contributed by atoms with Crippen LogP contribution >= 0.6 is 15.9 Å². The molecule has 2 atom stereocenters. The van der Waals surface area contributed by atoms with Crippen molar-refractivity contribution in [2.45, 2.75) is 25.0 Å². The van der Waals surface area contributed by atoms with Gasteiger partial charge in [-0.25, -0.2) is 10.3 Å². The molecule has 0 bridgehead atoms. The minimum absolute atomic E-state index is 0.0713. The van der Waals surface area contributed by atoms with Crippen LogP contribution in [0.1, 0.15) is 24.5 Å². The van der Waals surface area contributed by atoms with Crippen LogP contribution in [0.2, 0.25) is 0 Å². The van der Waals surface area contributed by atoms with E-state index in [-0.39, 0.29) is 5.75 Å². The first-order valence-electron chi connectivity index (χ1n) is 12.2. The molecular formula is C30H27BrN2O6. The van der Waals surface area contributed by atoms with E-state index in [0.29, 0.717) is 34.3 Å². The zero-order chi connectivity index (χ0) is 27.6. The molecule has 4 rings (SSSR count). The van der Waals surface area contributed by atoms with Crippen molar-refractivity contribution in [1.82, 2.24) is 5.48 Å². The molecule has 4 aromatic rings. The van der Waals surface area contributed by atoms with Crippen molar-refractivity contribution in [2.75, 3.05) is 5.32 Å². The van der Waals surface area contributed by atoms with E-state index in [1.165, 1.54) is 12.1 Å². The summed E-state index contributed by atoms with van der Waals surface area (Å²) in [6.07, 6.45) is 0.908. The normalized spacial score (nSPS) is 12.6. The predicted molar refractivity (Wildman–Crippen MR) is 152 cm³/mol. The number of ether oxygens (including phenoxy) is 2. The highest BCUT2D eigenvalue weighted by molar-refractivity contribution is 9.10. The lowest BCUT2D eigenvalue weighted by Crippen LogP contribution is -2.31. The summed E-state index contributed by atoms with van der Waals surface area (Å²) in [4.78, 5) is 24.7. The lowest BCUT2D eigenvalue weighted by Gasteiger charge is -2.29. The summed E-state index contributed by atoms with van der Waals surface area (Å²) in [7, 11) is 0. The molecule has 200 valence electrons. The fourth-order valence-corrected chi connectivity index (χ4v) is 4.49. The molecule has 0 unspecified atom stereocenters. The lowest BCUT2D eigenvalue weighted by atomic mass is 9.99. The van der Waals surface area contributed by atoms with Crippen LogP contribution in [0.4, 0.5) is 10.5 Å². The Hall–Kier alpha value is -4.34. The molecule has 0 aromatic heterocycles. The van der Waals surface area contributed by atoms with E-state index < -0.39 is 24.2 Å². The monoisotopic (exact) mass is 590 g/mol. The second kappa shape index (κ2) is 13.5. The van der Waals surface area contributed by atoms with Crippen LogP contribution in [0.5, 0.6) is 11.5 Å². The number of nitrogens with one attached hydrogen (secondary N) is 2. The van der Waals surface area contributed by atoms with Gasteiger partial charge in [-0.1, -0.05) is 76.6 Å². The summed E-state index contributed by atoms with van der Waals surface area (Å²) < 4.78 is 12.9. The molecule has 39 heavy (non-hydrogen) atoms. The number of fused-ring (bicyclic) bond motifs is 1. The van der Waals surface area contributed by atoms with Crippen LogP contribution < -0.4 is 15.5 Å². The third-order valence-corrected chi connectivity index (χ3v) is 6.42. The Labute approximate surface area is 234 Å². The molecule has 4 aromatic carbocycles. The summed E-state index contributed by atoms with van der Waals surface area (Å²) in [5.74, 6) is -0.197. The number of benzene rings is 4.